The number of esters is 1. The largest absolute Gasteiger partial charge is 0.481 e. The Balaban J connectivity index is 1.24. The monoisotopic (exact) mass is 869 g/mol. The number of carbonyl (C=O) groups excluding carboxylic acids is 2. The van der Waals surface area contributed by atoms with Crippen molar-refractivity contribution < 1.29 is 60.9 Å². The Kier molecular flexibility index (Phi) is 15.8. The number of carbonyl (C=O) groups is 4. The fourth-order valence-corrected chi connectivity index (χ4v) is 6.26. The first kappa shape index (κ1) is 45.5. The average molecular weight is 870 g/mol. The predicted octanol–water partition coefficient (Wildman–Crippen LogP) is 6.21. The van der Waals surface area contributed by atoms with E-state index in [1.54, 1.807) is 12.1 Å². The van der Waals surface area contributed by atoms with E-state index in [-0.39, 0.29) is 58.3 Å². The van der Waals surface area contributed by atoms with Crippen LogP contribution in [0, 0.1) is 0 Å². The van der Waals surface area contributed by atoms with Gasteiger partial charge in [0.05, 0.1) is 55.1 Å². The highest BCUT2D eigenvalue weighted by atomic mass is 31.2. The number of hydrogen-bond acceptors (Lipinski definition) is 14. The number of halogens is 3. The van der Waals surface area contributed by atoms with Crippen molar-refractivity contribution in [2.45, 2.75) is 51.9 Å². The molecule has 5 aromatic rings. The number of amides is 1. The molecule has 18 nitrogen and oxygen atoms in total. The van der Waals surface area contributed by atoms with E-state index in [4.69, 9.17) is 23.4 Å². The van der Waals surface area contributed by atoms with Crippen molar-refractivity contribution in [3.8, 4) is 5.75 Å². The van der Waals surface area contributed by atoms with Gasteiger partial charge in [0.2, 0.25) is 5.95 Å². The van der Waals surface area contributed by atoms with Crippen molar-refractivity contribution in [2.24, 2.45) is 0 Å². The van der Waals surface area contributed by atoms with Gasteiger partial charge < -0.3 is 44.5 Å². The molecule has 1 atom stereocenters. The molecule has 3 aromatic carbocycles. The number of rotatable bonds is 21. The second-order valence-electron chi connectivity index (χ2n) is 12.7. The third kappa shape index (κ3) is 13.2. The number of nitrogens with zero attached hydrogens (tertiary/aromatic N) is 3. The standard InChI is InChI=1S/C39H39F3N7O11P/c1-3-57-61(58-4-2)59-18-17-22-5-12-27(13-6-22)60-37(56)28-14-9-24(39(40,41)42)19-30(28)47-38-48-33-32(35(53)49-38)45-26(21-44-33)20-43-25-10-7-23(8-11-25)34(52)46-29(36(54)55)15-16-31(50)51/h5-14,19,21,29,43H,3-4,15-18,20H2,1-2H3,(H,46,52)(H,50,51)(H,54,55)(H2,44,47,48,49,53). The molecule has 322 valence electrons. The van der Waals surface area contributed by atoms with Crippen LogP contribution in [0.1, 0.15) is 64.2 Å². The summed E-state index contributed by atoms with van der Waals surface area (Å²) in [6.45, 7) is 4.87. The summed E-state index contributed by atoms with van der Waals surface area (Å²) in [7, 11) is -1.47. The maximum Gasteiger partial charge on any atom is 0.416 e. The lowest BCUT2D eigenvalue weighted by molar-refractivity contribution is -0.141. The minimum Gasteiger partial charge on any atom is -0.481 e. The molecule has 2 aromatic heterocycles. The molecule has 6 N–H and O–H groups in total. The normalized spacial score (nSPS) is 11.9. The van der Waals surface area contributed by atoms with Gasteiger partial charge in [-0.2, -0.15) is 18.2 Å². The van der Waals surface area contributed by atoms with Crippen LogP contribution in [-0.4, -0.2) is 79.8 Å². The van der Waals surface area contributed by atoms with Gasteiger partial charge in [0.25, 0.3) is 11.5 Å². The molecule has 22 heteroatoms. The number of aliphatic carboxylic acids is 2. The highest BCUT2D eigenvalue weighted by molar-refractivity contribution is 7.41. The summed E-state index contributed by atoms with van der Waals surface area (Å²) in [6.07, 6.45) is -3.72. The topological polar surface area (TPSA) is 253 Å². The molecule has 5 rings (SSSR count). The van der Waals surface area contributed by atoms with Gasteiger partial charge in [0.15, 0.2) is 11.2 Å². The average Bonchev–Trinajstić information content (AvgIpc) is 3.22. The molecular weight excluding hydrogens is 830 g/mol. The van der Waals surface area contributed by atoms with Gasteiger partial charge in [-0.05, 0) is 86.8 Å². The lowest BCUT2D eigenvalue weighted by Gasteiger charge is -2.15. The van der Waals surface area contributed by atoms with E-state index in [0.717, 1.165) is 17.7 Å². The van der Waals surface area contributed by atoms with Crippen molar-refractivity contribution in [1.82, 2.24) is 25.3 Å². The van der Waals surface area contributed by atoms with E-state index in [2.05, 4.69) is 35.9 Å². The minimum atomic E-state index is -4.78. The Hall–Kier alpha value is -6.54. The Morgan fingerprint density at radius 1 is 0.918 bits per heavy atom. The summed E-state index contributed by atoms with van der Waals surface area (Å²) < 4.78 is 63.2. The van der Waals surface area contributed by atoms with E-state index in [1.165, 1.54) is 42.6 Å². The molecule has 0 aliphatic carbocycles. The molecule has 0 bridgehead atoms. The predicted molar refractivity (Wildman–Crippen MR) is 213 cm³/mol. The highest BCUT2D eigenvalue weighted by Gasteiger charge is 2.32. The number of hydrogen-bond donors (Lipinski definition) is 6. The molecular formula is C39H39F3N7O11P. The Labute approximate surface area is 345 Å². The van der Waals surface area contributed by atoms with Gasteiger partial charge in [0.1, 0.15) is 11.8 Å². The molecule has 2 heterocycles. The van der Waals surface area contributed by atoms with Gasteiger partial charge >= 0.3 is 32.7 Å². The lowest BCUT2D eigenvalue weighted by Crippen LogP contribution is -2.41. The first-order valence-electron chi connectivity index (χ1n) is 18.5. The number of ether oxygens (including phenoxy) is 1. The van der Waals surface area contributed by atoms with Gasteiger partial charge in [-0.1, -0.05) is 12.1 Å². The van der Waals surface area contributed by atoms with Crippen LogP contribution in [0.25, 0.3) is 11.2 Å². The van der Waals surface area contributed by atoms with E-state index in [9.17, 15) is 42.3 Å². The fourth-order valence-electron chi connectivity index (χ4n) is 5.37. The first-order chi connectivity index (χ1) is 29.1. The van der Waals surface area contributed by atoms with E-state index >= 15 is 0 Å². The third-order valence-corrected chi connectivity index (χ3v) is 9.68. The van der Waals surface area contributed by atoms with Crippen LogP contribution in [0.15, 0.2) is 77.7 Å². The number of aromatic amines is 1. The van der Waals surface area contributed by atoms with Crippen LogP contribution in [0.4, 0.5) is 30.5 Å². The number of nitrogens with one attached hydrogen (secondary N) is 4. The Bertz CT molecular complexity index is 2400. The number of carboxylic acids is 2. The summed E-state index contributed by atoms with van der Waals surface area (Å²) in [6, 6.07) is 13.3. The molecule has 0 aliphatic rings. The molecule has 0 saturated heterocycles. The third-order valence-electron chi connectivity index (χ3n) is 8.35. The minimum absolute atomic E-state index is 0.0427. The van der Waals surface area contributed by atoms with Crippen molar-refractivity contribution in [2.75, 3.05) is 30.5 Å². The number of alkyl halides is 3. The lowest BCUT2D eigenvalue weighted by atomic mass is 10.1. The first-order valence-corrected chi connectivity index (χ1v) is 19.6. The number of benzene rings is 3. The summed E-state index contributed by atoms with van der Waals surface area (Å²) in [5, 5.41) is 26.0. The summed E-state index contributed by atoms with van der Waals surface area (Å²) in [4.78, 5) is 76.3. The summed E-state index contributed by atoms with van der Waals surface area (Å²) in [5.74, 6) is -4.51. The molecule has 61 heavy (non-hydrogen) atoms. The Morgan fingerprint density at radius 3 is 2.26 bits per heavy atom. The molecule has 0 spiro atoms. The second-order valence-corrected chi connectivity index (χ2v) is 14.0. The van der Waals surface area contributed by atoms with E-state index in [1.807, 2.05) is 13.8 Å². The SMILES string of the molecule is CCOP(OCC)OCCc1ccc(OC(=O)c2ccc(C(F)(F)F)cc2Nc2nc3ncc(CNc4ccc(C(=O)NC(CCC(=O)O)C(=O)O)cc4)nc3c(=O)[nH]2)cc1. The number of aromatic nitrogens is 4. The molecule has 1 unspecified atom stereocenters. The maximum absolute atomic E-state index is 13.8. The number of H-pyrrole nitrogens is 1. The number of fused-ring (bicyclic) bond motifs is 1. The van der Waals surface area contributed by atoms with Gasteiger partial charge in [-0.3, -0.25) is 19.4 Å². The maximum atomic E-state index is 13.8. The molecule has 0 aliphatic heterocycles. The van der Waals surface area contributed by atoms with Crippen LogP contribution in [-0.2, 0) is 42.3 Å². The summed E-state index contributed by atoms with van der Waals surface area (Å²) >= 11 is 0. The van der Waals surface area contributed by atoms with Crippen LogP contribution in [0.5, 0.6) is 5.75 Å². The van der Waals surface area contributed by atoms with Crippen molar-refractivity contribution >= 4 is 60.9 Å². The second kappa shape index (κ2) is 21.1. The van der Waals surface area contributed by atoms with Gasteiger partial charge in [-0.25, -0.2) is 19.6 Å². The molecule has 0 saturated carbocycles. The van der Waals surface area contributed by atoms with E-state index < -0.39 is 62.2 Å². The Morgan fingerprint density at radius 2 is 1.62 bits per heavy atom. The van der Waals surface area contributed by atoms with Crippen LogP contribution in [0.2, 0.25) is 0 Å². The molecule has 0 radical (unpaired) electrons. The van der Waals surface area contributed by atoms with Crippen molar-refractivity contribution in [1.29, 1.82) is 0 Å². The highest BCUT2D eigenvalue weighted by Crippen LogP contribution is 2.39. The quantitative estimate of drug-likeness (QED) is 0.0272. The van der Waals surface area contributed by atoms with Gasteiger partial charge in [0, 0.05) is 17.7 Å². The zero-order chi connectivity index (χ0) is 44.1. The van der Waals surface area contributed by atoms with Crippen LogP contribution >= 0.6 is 8.60 Å². The molecule has 0 fully saturated rings. The summed E-state index contributed by atoms with van der Waals surface area (Å²) in [5.41, 5.74) is -1.16. The van der Waals surface area contributed by atoms with E-state index in [0.29, 0.717) is 38.0 Å². The van der Waals surface area contributed by atoms with Crippen molar-refractivity contribution in [3.63, 3.8) is 0 Å². The number of carboxylic acid groups (broad SMARTS) is 2. The zero-order valence-electron chi connectivity index (χ0n) is 32.4. The fraction of sp³-hybridized carbons (Fsp3) is 0.282. The smallest absolute Gasteiger partial charge is 0.416 e. The van der Waals surface area contributed by atoms with Crippen LogP contribution in [0.3, 0.4) is 0 Å². The van der Waals surface area contributed by atoms with Crippen molar-refractivity contribution in [3.05, 3.63) is 111 Å². The number of anilines is 3. The zero-order valence-corrected chi connectivity index (χ0v) is 33.3. The van der Waals surface area contributed by atoms with Crippen LogP contribution < -0.4 is 26.2 Å². The molecule has 1 amide bonds. The van der Waals surface area contributed by atoms with Gasteiger partial charge in [-0.15, -0.1) is 0 Å².